The highest BCUT2D eigenvalue weighted by molar-refractivity contribution is 5.41. The molecule has 1 aromatic rings. The lowest BCUT2D eigenvalue weighted by molar-refractivity contribution is 0.334. The van der Waals surface area contributed by atoms with E-state index in [-0.39, 0.29) is 0 Å². The van der Waals surface area contributed by atoms with Crippen molar-refractivity contribution in [2.45, 2.75) is 78.1 Å². The predicted octanol–water partition coefficient (Wildman–Crippen LogP) is 6.56. The molecule has 22 heavy (non-hydrogen) atoms. The van der Waals surface area contributed by atoms with Crippen molar-refractivity contribution in [2.75, 3.05) is 20.1 Å². The van der Waals surface area contributed by atoms with Gasteiger partial charge in [-0.3, -0.25) is 4.48 Å². The maximum absolute atomic E-state index is 2.38. The fourth-order valence-electron chi connectivity index (χ4n) is 3.21. The molecule has 0 spiro atoms. The van der Waals surface area contributed by atoms with Crippen LogP contribution in [0.3, 0.4) is 0 Å². The molecular formula is C21H38N+. The van der Waals surface area contributed by atoms with Gasteiger partial charge < -0.3 is 0 Å². The first-order chi connectivity index (χ1) is 10.7. The SMILES string of the molecule is CCCCCCCCCCCC[N+](C)(CC)c1ccccc1. The Kier molecular flexibility index (Phi) is 10.2. The molecule has 0 saturated heterocycles. The van der Waals surface area contributed by atoms with Gasteiger partial charge in [0, 0.05) is 0 Å². The highest BCUT2D eigenvalue weighted by atomic mass is 15.3. The van der Waals surface area contributed by atoms with Crippen LogP contribution in [-0.2, 0) is 0 Å². The lowest BCUT2D eigenvalue weighted by atomic mass is 10.1. The van der Waals surface area contributed by atoms with Crippen molar-refractivity contribution in [2.24, 2.45) is 0 Å². The molecule has 1 rings (SSSR count). The Hall–Kier alpha value is -0.820. The summed E-state index contributed by atoms with van der Waals surface area (Å²) in [5, 5.41) is 0. The van der Waals surface area contributed by atoms with E-state index in [1.807, 2.05) is 0 Å². The van der Waals surface area contributed by atoms with Crippen LogP contribution in [0.2, 0.25) is 0 Å². The Balaban J connectivity index is 2.10. The van der Waals surface area contributed by atoms with E-state index in [1.165, 1.54) is 83.0 Å². The van der Waals surface area contributed by atoms with Crippen LogP contribution in [-0.4, -0.2) is 20.1 Å². The zero-order valence-electron chi connectivity index (χ0n) is 15.3. The van der Waals surface area contributed by atoms with E-state index in [0.717, 1.165) is 4.48 Å². The molecule has 1 unspecified atom stereocenters. The highest BCUT2D eigenvalue weighted by Gasteiger charge is 2.21. The van der Waals surface area contributed by atoms with Crippen molar-refractivity contribution in [3.63, 3.8) is 0 Å². The highest BCUT2D eigenvalue weighted by Crippen LogP contribution is 2.21. The summed E-state index contributed by atoms with van der Waals surface area (Å²) >= 11 is 0. The number of unbranched alkanes of at least 4 members (excludes halogenated alkanes) is 9. The summed E-state index contributed by atoms with van der Waals surface area (Å²) in [6, 6.07) is 11.0. The summed E-state index contributed by atoms with van der Waals surface area (Å²) in [6.45, 7) is 7.06. The Labute approximate surface area is 139 Å². The van der Waals surface area contributed by atoms with Gasteiger partial charge in [0.05, 0.1) is 20.1 Å². The minimum absolute atomic E-state index is 1.08. The van der Waals surface area contributed by atoms with Crippen molar-refractivity contribution in [1.82, 2.24) is 4.48 Å². The van der Waals surface area contributed by atoms with Gasteiger partial charge in [-0.15, -0.1) is 0 Å². The van der Waals surface area contributed by atoms with Gasteiger partial charge in [-0.1, -0.05) is 76.5 Å². The average Bonchev–Trinajstić information content (AvgIpc) is 2.57. The van der Waals surface area contributed by atoms with Crippen LogP contribution in [0.15, 0.2) is 30.3 Å². The molecule has 1 aromatic carbocycles. The van der Waals surface area contributed by atoms with Crippen molar-refractivity contribution >= 4 is 5.69 Å². The van der Waals surface area contributed by atoms with E-state index in [9.17, 15) is 0 Å². The molecule has 0 bridgehead atoms. The Bertz CT molecular complexity index is 359. The lowest BCUT2D eigenvalue weighted by Gasteiger charge is -2.33. The number of para-hydroxylation sites is 1. The topological polar surface area (TPSA) is 0 Å². The minimum atomic E-state index is 1.08. The molecule has 126 valence electrons. The molecule has 0 N–H and O–H groups in total. The van der Waals surface area contributed by atoms with Gasteiger partial charge in [0.1, 0.15) is 5.69 Å². The second kappa shape index (κ2) is 11.7. The molecule has 1 nitrogen and oxygen atoms in total. The summed E-state index contributed by atoms with van der Waals surface area (Å²) in [5.74, 6) is 0. The van der Waals surface area contributed by atoms with Crippen molar-refractivity contribution < 1.29 is 0 Å². The van der Waals surface area contributed by atoms with Crippen LogP contribution in [0, 0.1) is 0 Å². The van der Waals surface area contributed by atoms with Gasteiger partial charge in [-0.25, -0.2) is 0 Å². The summed E-state index contributed by atoms with van der Waals surface area (Å²) in [7, 11) is 2.38. The molecule has 0 aliphatic heterocycles. The third-order valence-electron chi connectivity index (χ3n) is 5.08. The molecule has 0 aromatic heterocycles. The van der Waals surface area contributed by atoms with Gasteiger partial charge in [0.2, 0.25) is 0 Å². The van der Waals surface area contributed by atoms with Crippen molar-refractivity contribution in [3.8, 4) is 0 Å². The largest absolute Gasteiger partial charge is 0.294 e. The molecule has 0 amide bonds. The van der Waals surface area contributed by atoms with Gasteiger partial charge in [0.15, 0.2) is 0 Å². The maximum atomic E-state index is 2.38. The quantitative estimate of drug-likeness (QED) is 0.286. The van der Waals surface area contributed by atoms with Crippen LogP contribution >= 0.6 is 0 Å². The predicted molar refractivity (Wildman–Crippen MR) is 101 cm³/mol. The third-order valence-corrected chi connectivity index (χ3v) is 5.08. The first-order valence-corrected chi connectivity index (χ1v) is 9.63. The first kappa shape index (κ1) is 19.2. The van der Waals surface area contributed by atoms with Crippen molar-refractivity contribution in [3.05, 3.63) is 30.3 Å². The van der Waals surface area contributed by atoms with E-state index >= 15 is 0 Å². The molecule has 0 aliphatic rings. The van der Waals surface area contributed by atoms with E-state index in [0.29, 0.717) is 0 Å². The molecule has 1 heteroatoms. The van der Waals surface area contributed by atoms with Crippen LogP contribution in [0.1, 0.15) is 78.1 Å². The Morgan fingerprint density at radius 3 is 1.68 bits per heavy atom. The lowest BCUT2D eigenvalue weighted by Crippen LogP contribution is -2.45. The molecule has 0 saturated carbocycles. The van der Waals surface area contributed by atoms with Crippen LogP contribution in [0.25, 0.3) is 0 Å². The number of nitrogens with zero attached hydrogens (tertiary/aromatic N) is 1. The second-order valence-corrected chi connectivity index (χ2v) is 6.95. The average molecular weight is 305 g/mol. The molecule has 0 fully saturated rings. The molecule has 0 radical (unpaired) electrons. The zero-order valence-corrected chi connectivity index (χ0v) is 15.3. The molecular weight excluding hydrogens is 266 g/mol. The smallest absolute Gasteiger partial charge is 0.132 e. The van der Waals surface area contributed by atoms with E-state index < -0.39 is 0 Å². The zero-order chi connectivity index (χ0) is 16.1. The number of hydrogen-bond donors (Lipinski definition) is 0. The van der Waals surface area contributed by atoms with E-state index in [4.69, 9.17) is 0 Å². The second-order valence-electron chi connectivity index (χ2n) is 6.95. The first-order valence-electron chi connectivity index (χ1n) is 9.63. The fourth-order valence-corrected chi connectivity index (χ4v) is 3.21. The molecule has 0 heterocycles. The maximum Gasteiger partial charge on any atom is 0.132 e. The number of quaternary nitrogens is 1. The van der Waals surface area contributed by atoms with Crippen molar-refractivity contribution in [1.29, 1.82) is 0 Å². The third kappa shape index (κ3) is 7.45. The number of benzene rings is 1. The number of rotatable bonds is 13. The van der Waals surface area contributed by atoms with Gasteiger partial charge in [0.25, 0.3) is 0 Å². The summed E-state index contributed by atoms with van der Waals surface area (Å²) < 4.78 is 1.08. The van der Waals surface area contributed by atoms with Gasteiger partial charge in [-0.05, 0) is 31.9 Å². The van der Waals surface area contributed by atoms with Crippen LogP contribution in [0.5, 0.6) is 0 Å². The van der Waals surface area contributed by atoms with Gasteiger partial charge in [-0.2, -0.15) is 0 Å². The van der Waals surface area contributed by atoms with Gasteiger partial charge >= 0.3 is 0 Å². The van der Waals surface area contributed by atoms with E-state index in [2.05, 4.69) is 51.2 Å². The Morgan fingerprint density at radius 1 is 0.682 bits per heavy atom. The summed E-state index contributed by atoms with van der Waals surface area (Å²) in [4.78, 5) is 0. The molecule has 0 aliphatic carbocycles. The van der Waals surface area contributed by atoms with Crippen LogP contribution in [0.4, 0.5) is 5.69 Å². The summed E-state index contributed by atoms with van der Waals surface area (Å²) in [6.07, 6.45) is 14.2. The molecule has 1 atom stereocenters. The summed E-state index contributed by atoms with van der Waals surface area (Å²) in [5.41, 5.74) is 1.46. The normalized spacial score (nSPS) is 14.0. The standard InChI is InChI=1S/C21H38N/c1-4-6-7-8-9-10-11-12-13-17-20-22(3,5-2)21-18-15-14-16-19-21/h14-16,18-19H,4-13,17,20H2,1-3H3/q+1. The minimum Gasteiger partial charge on any atom is -0.294 e. The van der Waals surface area contributed by atoms with E-state index in [1.54, 1.807) is 0 Å². The Morgan fingerprint density at radius 2 is 1.18 bits per heavy atom. The fraction of sp³-hybridized carbons (Fsp3) is 0.714. The van der Waals surface area contributed by atoms with Crippen LogP contribution < -0.4 is 4.48 Å². The number of hydrogen-bond acceptors (Lipinski definition) is 0. The monoisotopic (exact) mass is 304 g/mol.